The summed E-state index contributed by atoms with van der Waals surface area (Å²) in [6.45, 7) is 0. The monoisotopic (exact) mass is 314 g/mol. The van der Waals surface area contributed by atoms with Gasteiger partial charge in [-0.2, -0.15) is 0 Å². The molecule has 23 heavy (non-hydrogen) atoms. The summed E-state index contributed by atoms with van der Waals surface area (Å²) >= 11 is 0. The molecule has 1 aromatic heterocycles. The lowest BCUT2D eigenvalue weighted by molar-refractivity contribution is 0.102. The van der Waals surface area contributed by atoms with Crippen LogP contribution in [0.1, 0.15) is 10.4 Å². The predicted molar refractivity (Wildman–Crippen MR) is 84.3 cm³/mol. The molecule has 1 amide bonds. The van der Waals surface area contributed by atoms with Crippen molar-refractivity contribution in [3.05, 3.63) is 52.5 Å². The lowest BCUT2D eigenvalue weighted by Crippen LogP contribution is -2.12. The molecule has 7 heteroatoms. The number of oxazole rings is 1. The van der Waals surface area contributed by atoms with Gasteiger partial charge in [0.2, 0.25) is 0 Å². The molecular weight excluding hydrogens is 300 g/mol. The van der Waals surface area contributed by atoms with E-state index in [0.717, 1.165) is 0 Å². The van der Waals surface area contributed by atoms with Crippen LogP contribution in [0.25, 0.3) is 11.1 Å². The Balaban J connectivity index is 1.89. The van der Waals surface area contributed by atoms with Gasteiger partial charge in [0.15, 0.2) is 5.58 Å². The van der Waals surface area contributed by atoms with E-state index in [-0.39, 0.29) is 5.91 Å². The first-order valence-electron chi connectivity index (χ1n) is 6.76. The Labute approximate surface area is 130 Å². The number of nitrogens with one attached hydrogen (secondary N) is 2. The maximum atomic E-state index is 12.4. The van der Waals surface area contributed by atoms with Crippen LogP contribution in [0.3, 0.4) is 0 Å². The van der Waals surface area contributed by atoms with Crippen LogP contribution < -0.4 is 20.5 Å². The SMILES string of the molecule is COc1cc(OC)cc(C(=O)Nc2ccc3[nH]c(=O)oc3c2)c1. The quantitative estimate of drug-likeness (QED) is 0.771. The maximum Gasteiger partial charge on any atom is 0.417 e. The molecule has 0 unspecified atom stereocenters. The summed E-state index contributed by atoms with van der Waals surface area (Å²) in [5.41, 5.74) is 1.83. The Hall–Kier alpha value is -3.22. The molecule has 0 bridgehead atoms. The van der Waals surface area contributed by atoms with Crippen LogP contribution in [-0.2, 0) is 0 Å². The smallest absolute Gasteiger partial charge is 0.417 e. The van der Waals surface area contributed by atoms with Crippen LogP contribution in [0.5, 0.6) is 11.5 Å². The van der Waals surface area contributed by atoms with E-state index in [1.165, 1.54) is 14.2 Å². The molecule has 0 saturated carbocycles. The van der Waals surface area contributed by atoms with Crippen LogP contribution in [-0.4, -0.2) is 25.1 Å². The molecule has 0 radical (unpaired) electrons. The number of fused-ring (bicyclic) bond motifs is 1. The van der Waals surface area contributed by atoms with Gasteiger partial charge in [-0.25, -0.2) is 4.79 Å². The molecule has 0 aliphatic rings. The number of aromatic amines is 1. The molecule has 0 fully saturated rings. The second-order valence-electron chi connectivity index (χ2n) is 4.78. The fourth-order valence-corrected chi connectivity index (χ4v) is 2.16. The molecule has 3 rings (SSSR count). The molecule has 7 nitrogen and oxygen atoms in total. The van der Waals surface area contributed by atoms with Gasteiger partial charge in [-0.1, -0.05) is 0 Å². The van der Waals surface area contributed by atoms with E-state index < -0.39 is 5.76 Å². The van der Waals surface area contributed by atoms with Crippen molar-refractivity contribution in [1.82, 2.24) is 4.98 Å². The lowest BCUT2D eigenvalue weighted by Gasteiger charge is -2.09. The molecule has 118 valence electrons. The number of H-pyrrole nitrogens is 1. The zero-order chi connectivity index (χ0) is 16.4. The minimum atomic E-state index is -0.541. The normalized spacial score (nSPS) is 10.5. The number of amides is 1. The number of benzene rings is 2. The van der Waals surface area contributed by atoms with E-state index in [9.17, 15) is 9.59 Å². The van der Waals surface area contributed by atoms with Crippen molar-refractivity contribution >= 4 is 22.7 Å². The molecule has 1 heterocycles. The first kappa shape index (κ1) is 14.7. The van der Waals surface area contributed by atoms with Crippen molar-refractivity contribution < 1.29 is 18.7 Å². The molecule has 2 aromatic carbocycles. The molecule has 0 spiro atoms. The number of hydrogen-bond donors (Lipinski definition) is 2. The lowest BCUT2D eigenvalue weighted by atomic mass is 10.1. The number of rotatable bonds is 4. The fraction of sp³-hybridized carbons (Fsp3) is 0.125. The molecule has 0 aliphatic heterocycles. The van der Waals surface area contributed by atoms with Crippen molar-refractivity contribution in [2.45, 2.75) is 0 Å². The number of carbonyl (C=O) groups is 1. The Morgan fingerprint density at radius 1 is 1.09 bits per heavy atom. The Bertz CT molecular complexity index is 903. The summed E-state index contributed by atoms with van der Waals surface area (Å²) in [4.78, 5) is 26.0. The van der Waals surface area contributed by atoms with Gasteiger partial charge in [0.1, 0.15) is 11.5 Å². The van der Waals surface area contributed by atoms with Gasteiger partial charge in [-0.15, -0.1) is 0 Å². The van der Waals surface area contributed by atoms with Crippen LogP contribution >= 0.6 is 0 Å². The van der Waals surface area contributed by atoms with Gasteiger partial charge in [-0.3, -0.25) is 9.78 Å². The van der Waals surface area contributed by atoms with Crippen LogP contribution in [0.2, 0.25) is 0 Å². The van der Waals surface area contributed by atoms with Crippen molar-refractivity contribution in [3.63, 3.8) is 0 Å². The predicted octanol–water partition coefficient (Wildman–Crippen LogP) is 2.39. The Morgan fingerprint density at radius 2 is 1.78 bits per heavy atom. The number of ether oxygens (including phenoxy) is 2. The topological polar surface area (TPSA) is 93.6 Å². The Kier molecular flexibility index (Phi) is 3.76. The molecule has 0 saturated heterocycles. The third-order valence-electron chi connectivity index (χ3n) is 3.29. The van der Waals surface area contributed by atoms with Gasteiger partial charge in [0.25, 0.3) is 5.91 Å². The Morgan fingerprint density at radius 3 is 2.43 bits per heavy atom. The average molecular weight is 314 g/mol. The second-order valence-corrected chi connectivity index (χ2v) is 4.78. The maximum absolute atomic E-state index is 12.4. The van der Waals surface area contributed by atoms with E-state index >= 15 is 0 Å². The molecule has 2 N–H and O–H groups in total. The highest BCUT2D eigenvalue weighted by molar-refractivity contribution is 6.05. The van der Waals surface area contributed by atoms with E-state index in [0.29, 0.717) is 33.8 Å². The highest BCUT2D eigenvalue weighted by atomic mass is 16.5. The number of hydrogen-bond acceptors (Lipinski definition) is 5. The minimum absolute atomic E-state index is 0.334. The fourth-order valence-electron chi connectivity index (χ4n) is 2.16. The first-order chi connectivity index (χ1) is 11.1. The summed E-state index contributed by atoms with van der Waals surface area (Å²) in [6, 6.07) is 9.78. The van der Waals surface area contributed by atoms with Gasteiger partial charge < -0.3 is 19.2 Å². The number of methoxy groups -OCH3 is 2. The van der Waals surface area contributed by atoms with E-state index in [2.05, 4.69) is 10.3 Å². The average Bonchev–Trinajstić information content (AvgIpc) is 2.93. The van der Waals surface area contributed by atoms with Crippen molar-refractivity contribution in [1.29, 1.82) is 0 Å². The first-order valence-corrected chi connectivity index (χ1v) is 6.76. The summed E-state index contributed by atoms with van der Waals surface area (Å²) in [7, 11) is 3.02. The third-order valence-corrected chi connectivity index (χ3v) is 3.29. The largest absolute Gasteiger partial charge is 0.497 e. The van der Waals surface area contributed by atoms with Crippen molar-refractivity contribution in [3.8, 4) is 11.5 Å². The van der Waals surface area contributed by atoms with Gasteiger partial charge in [0.05, 0.1) is 19.7 Å². The zero-order valence-corrected chi connectivity index (χ0v) is 12.5. The van der Waals surface area contributed by atoms with E-state index in [1.807, 2.05) is 0 Å². The number of carbonyl (C=O) groups excluding carboxylic acids is 1. The molecule has 3 aromatic rings. The molecule has 0 atom stereocenters. The summed E-state index contributed by atoms with van der Waals surface area (Å²) in [5, 5.41) is 2.74. The minimum Gasteiger partial charge on any atom is -0.497 e. The second kappa shape index (κ2) is 5.88. The standard InChI is InChI=1S/C16H14N2O5/c1-21-11-5-9(6-12(8-11)22-2)15(19)17-10-3-4-13-14(7-10)23-16(20)18-13/h3-8H,1-2H3,(H,17,19)(H,18,20). The number of aromatic nitrogens is 1. The zero-order valence-electron chi connectivity index (χ0n) is 12.5. The molecular formula is C16H14N2O5. The van der Waals surface area contributed by atoms with Crippen LogP contribution in [0.15, 0.2) is 45.6 Å². The highest BCUT2D eigenvalue weighted by Gasteiger charge is 2.11. The van der Waals surface area contributed by atoms with Crippen molar-refractivity contribution in [2.75, 3.05) is 19.5 Å². The van der Waals surface area contributed by atoms with E-state index in [1.54, 1.807) is 36.4 Å². The summed E-state index contributed by atoms with van der Waals surface area (Å²) < 4.78 is 15.3. The van der Waals surface area contributed by atoms with E-state index in [4.69, 9.17) is 13.9 Å². The van der Waals surface area contributed by atoms with Gasteiger partial charge in [-0.05, 0) is 24.3 Å². The van der Waals surface area contributed by atoms with Gasteiger partial charge >= 0.3 is 5.76 Å². The van der Waals surface area contributed by atoms with Crippen LogP contribution in [0, 0.1) is 0 Å². The summed E-state index contributed by atoms with van der Waals surface area (Å²) in [5.74, 6) is 0.156. The molecule has 0 aliphatic carbocycles. The van der Waals surface area contributed by atoms with Crippen LogP contribution in [0.4, 0.5) is 5.69 Å². The highest BCUT2D eigenvalue weighted by Crippen LogP contribution is 2.24. The third kappa shape index (κ3) is 3.03. The summed E-state index contributed by atoms with van der Waals surface area (Å²) in [6.07, 6.45) is 0. The number of anilines is 1. The van der Waals surface area contributed by atoms with Crippen molar-refractivity contribution in [2.24, 2.45) is 0 Å². The van der Waals surface area contributed by atoms with Gasteiger partial charge in [0, 0.05) is 23.4 Å².